The van der Waals surface area contributed by atoms with Crippen molar-refractivity contribution in [2.45, 2.75) is 25.3 Å². The van der Waals surface area contributed by atoms with Crippen LogP contribution in [-0.2, 0) is 4.79 Å². The normalized spacial score (nSPS) is 19.4. The fraction of sp³-hybridized carbons (Fsp3) is 0.588. The third-order valence-corrected chi connectivity index (χ3v) is 5.05. The molecule has 1 aliphatic heterocycles. The first-order valence-electron chi connectivity index (χ1n) is 8.02. The van der Waals surface area contributed by atoms with Crippen LogP contribution >= 0.6 is 23.4 Å². The van der Waals surface area contributed by atoms with E-state index in [0.717, 1.165) is 38.1 Å². The van der Waals surface area contributed by atoms with Crippen molar-refractivity contribution in [1.29, 1.82) is 0 Å². The third-order valence-electron chi connectivity index (χ3n) is 4.09. The molecule has 128 valence electrons. The molecule has 0 aliphatic carbocycles. The van der Waals surface area contributed by atoms with Crippen molar-refractivity contribution in [3.63, 3.8) is 0 Å². The molecular formula is C17H25ClN2O2S. The Morgan fingerprint density at radius 1 is 1.52 bits per heavy atom. The van der Waals surface area contributed by atoms with Gasteiger partial charge in [0.2, 0.25) is 5.91 Å². The SMILES string of the molecule is CSCC[C@H](N)C(=O)N1CCCC(COc2ccccc2Cl)C1. The maximum Gasteiger partial charge on any atom is 0.239 e. The second-order valence-electron chi connectivity index (χ2n) is 5.92. The van der Waals surface area contributed by atoms with Gasteiger partial charge in [0.15, 0.2) is 0 Å². The number of rotatable bonds is 7. The Kier molecular flexibility index (Phi) is 7.53. The van der Waals surface area contributed by atoms with Crippen molar-refractivity contribution in [1.82, 2.24) is 4.90 Å². The molecule has 2 rings (SSSR count). The molecule has 1 unspecified atom stereocenters. The molecule has 1 amide bonds. The molecular weight excluding hydrogens is 332 g/mol. The van der Waals surface area contributed by atoms with Crippen LogP contribution in [0.1, 0.15) is 19.3 Å². The number of ether oxygens (including phenoxy) is 1. The molecule has 23 heavy (non-hydrogen) atoms. The largest absolute Gasteiger partial charge is 0.492 e. The summed E-state index contributed by atoms with van der Waals surface area (Å²) in [5, 5.41) is 0.621. The molecule has 2 atom stereocenters. The van der Waals surface area contributed by atoms with E-state index >= 15 is 0 Å². The van der Waals surface area contributed by atoms with Crippen molar-refractivity contribution < 1.29 is 9.53 Å². The number of hydrogen-bond donors (Lipinski definition) is 1. The Labute approximate surface area is 147 Å². The lowest BCUT2D eigenvalue weighted by molar-refractivity contribution is -0.134. The van der Waals surface area contributed by atoms with Crippen molar-refractivity contribution in [3.8, 4) is 5.75 Å². The summed E-state index contributed by atoms with van der Waals surface area (Å²) >= 11 is 7.82. The van der Waals surface area contributed by atoms with Crippen LogP contribution in [0.5, 0.6) is 5.75 Å². The molecule has 1 aliphatic rings. The van der Waals surface area contributed by atoms with Gasteiger partial charge in [0.1, 0.15) is 5.75 Å². The first-order chi connectivity index (χ1) is 11.1. The smallest absolute Gasteiger partial charge is 0.239 e. The van der Waals surface area contributed by atoms with Crippen LogP contribution in [0.2, 0.25) is 5.02 Å². The summed E-state index contributed by atoms with van der Waals surface area (Å²) in [6.45, 7) is 2.10. The number of para-hydroxylation sites is 1. The highest BCUT2D eigenvalue weighted by Crippen LogP contribution is 2.25. The summed E-state index contributed by atoms with van der Waals surface area (Å²) in [7, 11) is 0. The fourth-order valence-corrected chi connectivity index (χ4v) is 3.45. The molecule has 6 heteroatoms. The Balaban J connectivity index is 1.83. The van der Waals surface area contributed by atoms with Crippen molar-refractivity contribution in [2.24, 2.45) is 11.7 Å². The number of benzene rings is 1. The second-order valence-corrected chi connectivity index (χ2v) is 7.31. The average Bonchev–Trinajstić information content (AvgIpc) is 2.58. The van der Waals surface area contributed by atoms with Gasteiger partial charge in [-0.15, -0.1) is 0 Å². The number of nitrogens with two attached hydrogens (primary N) is 1. The third kappa shape index (κ3) is 5.59. The molecule has 4 nitrogen and oxygen atoms in total. The zero-order valence-electron chi connectivity index (χ0n) is 13.5. The first kappa shape index (κ1) is 18.4. The number of hydrogen-bond acceptors (Lipinski definition) is 4. The van der Waals surface area contributed by atoms with Crippen LogP contribution < -0.4 is 10.5 Å². The molecule has 1 saturated heterocycles. The summed E-state index contributed by atoms with van der Waals surface area (Å²) in [5.41, 5.74) is 6.01. The minimum atomic E-state index is -0.384. The summed E-state index contributed by atoms with van der Waals surface area (Å²) < 4.78 is 5.83. The molecule has 0 bridgehead atoms. The average molecular weight is 357 g/mol. The van der Waals surface area contributed by atoms with E-state index in [1.165, 1.54) is 0 Å². The van der Waals surface area contributed by atoms with E-state index in [2.05, 4.69) is 0 Å². The maximum absolute atomic E-state index is 12.4. The topological polar surface area (TPSA) is 55.6 Å². The van der Waals surface area contributed by atoms with E-state index in [1.807, 2.05) is 35.4 Å². The predicted molar refractivity (Wildman–Crippen MR) is 97.2 cm³/mol. The summed E-state index contributed by atoms with van der Waals surface area (Å²) in [6, 6.07) is 7.09. The highest BCUT2D eigenvalue weighted by Gasteiger charge is 2.27. The van der Waals surface area contributed by atoms with E-state index in [4.69, 9.17) is 22.1 Å². The molecule has 1 fully saturated rings. The minimum absolute atomic E-state index is 0.0708. The summed E-state index contributed by atoms with van der Waals surface area (Å²) in [5.74, 6) is 2.02. The van der Waals surface area contributed by atoms with Gasteiger partial charge in [0, 0.05) is 19.0 Å². The monoisotopic (exact) mass is 356 g/mol. The molecule has 2 N–H and O–H groups in total. The Bertz CT molecular complexity index is 515. The second kappa shape index (κ2) is 9.40. The van der Waals surface area contributed by atoms with E-state index in [0.29, 0.717) is 23.3 Å². The van der Waals surface area contributed by atoms with Gasteiger partial charge in [0.25, 0.3) is 0 Å². The quantitative estimate of drug-likeness (QED) is 0.815. The number of carbonyl (C=O) groups is 1. The van der Waals surface area contributed by atoms with Gasteiger partial charge in [-0.1, -0.05) is 23.7 Å². The highest BCUT2D eigenvalue weighted by molar-refractivity contribution is 7.98. The van der Waals surface area contributed by atoms with Gasteiger partial charge in [-0.2, -0.15) is 11.8 Å². The molecule has 1 heterocycles. The summed E-state index contributed by atoms with van der Waals surface area (Å²) in [6.07, 6.45) is 4.82. The standard InChI is InChI=1S/C17H25ClN2O2S/c1-23-10-8-15(19)17(21)20-9-4-5-13(11-20)12-22-16-7-3-2-6-14(16)18/h2-3,6-7,13,15H,4-5,8-12,19H2,1H3/t13?,15-/m0/s1. The highest BCUT2D eigenvalue weighted by atomic mass is 35.5. The number of carbonyl (C=O) groups excluding carboxylic acids is 1. The number of likely N-dealkylation sites (tertiary alicyclic amines) is 1. The molecule has 1 aromatic rings. The Morgan fingerprint density at radius 2 is 2.30 bits per heavy atom. The number of amides is 1. The molecule has 0 spiro atoms. The van der Waals surface area contributed by atoms with Crippen LogP contribution in [0, 0.1) is 5.92 Å². The maximum atomic E-state index is 12.4. The zero-order valence-corrected chi connectivity index (χ0v) is 15.1. The van der Waals surface area contributed by atoms with Crippen molar-refractivity contribution >= 4 is 29.3 Å². The number of nitrogens with zero attached hydrogens (tertiary/aromatic N) is 1. The molecule has 0 radical (unpaired) electrons. The minimum Gasteiger partial charge on any atom is -0.492 e. The Morgan fingerprint density at radius 3 is 3.04 bits per heavy atom. The molecule has 1 aromatic carbocycles. The number of thioether (sulfide) groups is 1. The number of piperidine rings is 1. The van der Waals surface area contributed by atoms with Gasteiger partial charge in [-0.05, 0) is 43.4 Å². The van der Waals surface area contributed by atoms with Crippen LogP contribution in [-0.4, -0.2) is 48.6 Å². The predicted octanol–water partition coefficient (Wildman–Crippen LogP) is 3.04. The van der Waals surface area contributed by atoms with Gasteiger partial charge in [-0.25, -0.2) is 0 Å². The van der Waals surface area contributed by atoms with Crippen LogP contribution in [0.3, 0.4) is 0 Å². The van der Waals surface area contributed by atoms with E-state index in [1.54, 1.807) is 11.8 Å². The lowest BCUT2D eigenvalue weighted by Gasteiger charge is -2.34. The van der Waals surface area contributed by atoms with E-state index in [9.17, 15) is 4.79 Å². The summed E-state index contributed by atoms with van der Waals surface area (Å²) in [4.78, 5) is 14.3. The van der Waals surface area contributed by atoms with Gasteiger partial charge in [-0.3, -0.25) is 4.79 Å². The van der Waals surface area contributed by atoms with E-state index < -0.39 is 0 Å². The van der Waals surface area contributed by atoms with Crippen LogP contribution in [0.4, 0.5) is 0 Å². The molecule has 0 aromatic heterocycles. The van der Waals surface area contributed by atoms with Gasteiger partial charge < -0.3 is 15.4 Å². The first-order valence-corrected chi connectivity index (χ1v) is 9.79. The van der Waals surface area contributed by atoms with Gasteiger partial charge >= 0.3 is 0 Å². The van der Waals surface area contributed by atoms with Crippen LogP contribution in [0.25, 0.3) is 0 Å². The lowest BCUT2D eigenvalue weighted by Crippen LogP contribution is -2.49. The van der Waals surface area contributed by atoms with Crippen molar-refractivity contribution in [3.05, 3.63) is 29.3 Å². The fourth-order valence-electron chi connectivity index (χ4n) is 2.77. The zero-order chi connectivity index (χ0) is 16.7. The van der Waals surface area contributed by atoms with E-state index in [-0.39, 0.29) is 11.9 Å². The van der Waals surface area contributed by atoms with Gasteiger partial charge in [0.05, 0.1) is 17.7 Å². The number of halogens is 1. The Hall–Kier alpha value is -0.910. The molecule has 0 saturated carbocycles. The lowest BCUT2D eigenvalue weighted by atomic mass is 9.98. The van der Waals surface area contributed by atoms with Crippen molar-refractivity contribution in [2.75, 3.05) is 31.7 Å². The van der Waals surface area contributed by atoms with Crippen LogP contribution in [0.15, 0.2) is 24.3 Å².